The van der Waals surface area contributed by atoms with Crippen molar-refractivity contribution in [2.45, 2.75) is 6.92 Å². The van der Waals surface area contributed by atoms with Crippen LogP contribution in [0, 0.1) is 6.92 Å². The molecule has 8 nitrogen and oxygen atoms in total. The number of benzene rings is 1. The molecule has 0 spiro atoms. The molecule has 3 rings (SSSR count). The molecule has 0 aliphatic carbocycles. The molecule has 0 atom stereocenters. The molecule has 2 aromatic heterocycles. The molecule has 0 fully saturated rings. The molecular weight excluding hydrogens is 378 g/mol. The minimum atomic E-state index is -0.790. The third-order valence-electron chi connectivity index (χ3n) is 3.09. The number of fused-ring (bicyclic) bond motifs is 1. The molecule has 2 heterocycles. The number of hydrogen-bond acceptors (Lipinski definition) is 6. The van der Waals surface area contributed by atoms with Crippen molar-refractivity contribution < 1.29 is 14.3 Å². The van der Waals surface area contributed by atoms with E-state index in [1.54, 1.807) is 30.5 Å². The SMILES string of the molecule is Cc1ccnc2nc(C(=O)OCC(=O)Nc3ccccc3Br)nn12. The third-order valence-corrected chi connectivity index (χ3v) is 3.79. The van der Waals surface area contributed by atoms with Crippen molar-refractivity contribution in [3.05, 3.63) is 52.5 Å². The topological polar surface area (TPSA) is 98.5 Å². The van der Waals surface area contributed by atoms with Crippen molar-refractivity contribution in [3.63, 3.8) is 0 Å². The Morgan fingerprint density at radius 3 is 2.83 bits per heavy atom. The maximum Gasteiger partial charge on any atom is 0.378 e. The molecule has 9 heteroatoms. The molecule has 1 amide bonds. The van der Waals surface area contributed by atoms with Gasteiger partial charge in [-0.3, -0.25) is 4.79 Å². The highest BCUT2D eigenvalue weighted by Gasteiger charge is 2.17. The van der Waals surface area contributed by atoms with E-state index in [1.807, 2.05) is 13.0 Å². The molecule has 0 bridgehead atoms. The van der Waals surface area contributed by atoms with Gasteiger partial charge in [-0.25, -0.2) is 14.3 Å². The molecule has 0 radical (unpaired) electrons. The van der Waals surface area contributed by atoms with Crippen molar-refractivity contribution in [1.82, 2.24) is 19.6 Å². The summed E-state index contributed by atoms with van der Waals surface area (Å²) < 4.78 is 7.10. The lowest BCUT2D eigenvalue weighted by Crippen LogP contribution is -2.21. The van der Waals surface area contributed by atoms with Crippen LogP contribution in [-0.4, -0.2) is 38.1 Å². The van der Waals surface area contributed by atoms with E-state index in [9.17, 15) is 9.59 Å². The predicted molar refractivity (Wildman–Crippen MR) is 88.6 cm³/mol. The van der Waals surface area contributed by atoms with Gasteiger partial charge in [-0.1, -0.05) is 12.1 Å². The predicted octanol–water partition coefficient (Wildman–Crippen LogP) is 1.99. The molecule has 3 aromatic rings. The van der Waals surface area contributed by atoms with Crippen molar-refractivity contribution in [2.24, 2.45) is 0 Å². The van der Waals surface area contributed by atoms with E-state index >= 15 is 0 Å². The molecule has 0 unspecified atom stereocenters. The van der Waals surface area contributed by atoms with Gasteiger partial charge in [0.05, 0.1) is 5.69 Å². The highest BCUT2D eigenvalue weighted by atomic mass is 79.9. The van der Waals surface area contributed by atoms with Gasteiger partial charge in [-0.05, 0) is 41.1 Å². The molecule has 0 saturated heterocycles. The number of nitrogens with zero attached hydrogens (tertiary/aromatic N) is 4. The Hall–Kier alpha value is -2.81. The van der Waals surface area contributed by atoms with Crippen LogP contribution in [-0.2, 0) is 9.53 Å². The summed E-state index contributed by atoms with van der Waals surface area (Å²) in [5.41, 5.74) is 1.36. The molecule has 0 saturated carbocycles. The first-order valence-electron chi connectivity index (χ1n) is 6.94. The van der Waals surface area contributed by atoms with E-state index in [0.717, 1.165) is 10.2 Å². The van der Waals surface area contributed by atoms with Crippen LogP contribution in [0.2, 0.25) is 0 Å². The fourth-order valence-electron chi connectivity index (χ4n) is 1.94. The summed E-state index contributed by atoms with van der Waals surface area (Å²) in [6.45, 7) is 1.37. The summed E-state index contributed by atoms with van der Waals surface area (Å²) in [5.74, 6) is -1.11. The van der Waals surface area contributed by atoms with Crippen LogP contribution in [0.25, 0.3) is 5.78 Å². The second-order valence-corrected chi connectivity index (χ2v) is 5.69. The van der Waals surface area contributed by atoms with Gasteiger partial charge in [-0.2, -0.15) is 4.98 Å². The lowest BCUT2D eigenvalue weighted by Gasteiger charge is -2.06. The van der Waals surface area contributed by atoms with E-state index < -0.39 is 18.5 Å². The van der Waals surface area contributed by atoms with E-state index in [-0.39, 0.29) is 5.82 Å². The first kappa shape index (κ1) is 16.1. The zero-order valence-corrected chi connectivity index (χ0v) is 14.1. The van der Waals surface area contributed by atoms with Crippen LogP contribution in [0.15, 0.2) is 41.0 Å². The number of aryl methyl sites for hydroxylation is 1. The van der Waals surface area contributed by atoms with Gasteiger partial charge in [0.2, 0.25) is 0 Å². The number of carbonyl (C=O) groups excluding carboxylic acids is 2. The Balaban J connectivity index is 1.63. The molecule has 1 N–H and O–H groups in total. The molecule has 24 heavy (non-hydrogen) atoms. The van der Waals surface area contributed by atoms with Crippen molar-refractivity contribution in [2.75, 3.05) is 11.9 Å². The summed E-state index contributed by atoms with van der Waals surface area (Å²) in [7, 11) is 0. The third kappa shape index (κ3) is 3.40. The average Bonchev–Trinajstić information content (AvgIpc) is 3.00. The van der Waals surface area contributed by atoms with Crippen molar-refractivity contribution >= 4 is 39.3 Å². The minimum Gasteiger partial charge on any atom is -0.450 e. The Labute approximate surface area is 145 Å². The number of nitrogens with one attached hydrogen (secondary N) is 1. The second-order valence-electron chi connectivity index (χ2n) is 4.84. The summed E-state index contributed by atoms with van der Waals surface area (Å²) in [5, 5.41) is 6.65. The number of carbonyl (C=O) groups is 2. The highest BCUT2D eigenvalue weighted by Crippen LogP contribution is 2.20. The lowest BCUT2D eigenvalue weighted by molar-refractivity contribution is -0.119. The summed E-state index contributed by atoms with van der Waals surface area (Å²) in [6, 6.07) is 8.86. The monoisotopic (exact) mass is 389 g/mol. The molecular formula is C15H12BrN5O3. The van der Waals surface area contributed by atoms with Crippen LogP contribution < -0.4 is 5.32 Å². The first-order valence-corrected chi connectivity index (χ1v) is 7.74. The standard InChI is InChI=1S/C15H12BrN5O3/c1-9-6-7-17-15-19-13(20-21(9)15)14(23)24-8-12(22)18-11-5-3-2-4-10(11)16/h2-7H,8H2,1H3,(H,18,22). The second kappa shape index (κ2) is 6.75. The number of para-hydroxylation sites is 1. The number of anilines is 1. The van der Waals surface area contributed by atoms with E-state index in [1.165, 1.54) is 4.52 Å². The van der Waals surface area contributed by atoms with Crippen LogP contribution in [0.5, 0.6) is 0 Å². The normalized spacial score (nSPS) is 10.6. The van der Waals surface area contributed by atoms with E-state index in [2.05, 4.69) is 36.3 Å². The lowest BCUT2D eigenvalue weighted by atomic mass is 10.3. The number of aromatic nitrogens is 4. The number of esters is 1. The molecule has 0 aliphatic rings. The van der Waals surface area contributed by atoms with Crippen LogP contribution in [0.3, 0.4) is 0 Å². The zero-order valence-electron chi connectivity index (χ0n) is 12.6. The Morgan fingerprint density at radius 1 is 1.29 bits per heavy atom. The molecule has 122 valence electrons. The zero-order chi connectivity index (χ0) is 17.1. The summed E-state index contributed by atoms with van der Waals surface area (Å²) >= 11 is 3.32. The van der Waals surface area contributed by atoms with Gasteiger partial charge in [0.25, 0.3) is 17.5 Å². The van der Waals surface area contributed by atoms with Crippen molar-refractivity contribution in [3.8, 4) is 0 Å². The first-order chi connectivity index (χ1) is 11.5. The average molecular weight is 390 g/mol. The van der Waals surface area contributed by atoms with Gasteiger partial charge in [0.1, 0.15) is 0 Å². The number of hydrogen-bond donors (Lipinski definition) is 1. The van der Waals surface area contributed by atoms with E-state index in [4.69, 9.17) is 4.74 Å². The number of halogens is 1. The number of rotatable bonds is 4. The number of amides is 1. The highest BCUT2D eigenvalue weighted by molar-refractivity contribution is 9.10. The summed E-state index contributed by atoms with van der Waals surface area (Å²) in [4.78, 5) is 31.8. The van der Waals surface area contributed by atoms with Crippen LogP contribution >= 0.6 is 15.9 Å². The Kier molecular flexibility index (Phi) is 4.52. The molecule has 0 aliphatic heterocycles. The van der Waals surface area contributed by atoms with Gasteiger partial charge < -0.3 is 10.1 Å². The Morgan fingerprint density at radius 2 is 2.08 bits per heavy atom. The maximum absolute atomic E-state index is 12.0. The number of ether oxygens (including phenoxy) is 1. The fraction of sp³-hybridized carbons (Fsp3) is 0.133. The quantitative estimate of drug-likeness (QED) is 0.685. The van der Waals surface area contributed by atoms with Gasteiger partial charge in [0, 0.05) is 16.4 Å². The van der Waals surface area contributed by atoms with Crippen molar-refractivity contribution in [1.29, 1.82) is 0 Å². The largest absolute Gasteiger partial charge is 0.450 e. The van der Waals surface area contributed by atoms with Gasteiger partial charge in [-0.15, -0.1) is 5.10 Å². The van der Waals surface area contributed by atoms with Gasteiger partial charge in [0.15, 0.2) is 6.61 Å². The minimum absolute atomic E-state index is 0.148. The summed E-state index contributed by atoms with van der Waals surface area (Å²) in [6.07, 6.45) is 1.57. The Bertz CT molecular complexity index is 924. The smallest absolute Gasteiger partial charge is 0.378 e. The van der Waals surface area contributed by atoms with E-state index in [0.29, 0.717) is 11.5 Å². The molecule has 1 aromatic carbocycles. The van der Waals surface area contributed by atoms with Crippen LogP contribution in [0.1, 0.15) is 16.3 Å². The fourth-order valence-corrected chi connectivity index (χ4v) is 2.32. The maximum atomic E-state index is 12.0. The van der Waals surface area contributed by atoms with Crippen LogP contribution in [0.4, 0.5) is 5.69 Å². The van der Waals surface area contributed by atoms with Gasteiger partial charge >= 0.3 is 5.97 Å².